The molecule has 0 aliphatic carbocycles. The van der Waals surface area contributed by atoms with Crippen molar-refractivity contribution in [2.75, 3.05) is 13.1 Å². The standard InChI is InChI=1S/C12H18BrN3O5.BrH/c1-7(13)8(2)14-5-9(17)6-15-12(18)10-3-4-11(21-10)16(19)20;/h3-4,7-9,14,17H,5-6H2,1-2H3,(H,15,18);1H/t7-,8-,9?;/m0./s1. The molecule has 0 radical (unpaired) electrons. The minimum absolute atomic E-state index is 0. The number of nitrogens with one attached hydrogen (secondary N) is 2. The summed E-state index contributed by atoms with van der Waals surface area (Å²) in [5.41, 5.74) is 0. The first kappa shape index (κ1) is 21.0. The second-order valence-electron chi connectivity index (χ2n) is 4.63. The number of rotatable bonds is 8. The summed E-state index contributed by atoms with van der Waals surface area (Å²) in [6.45, 7) is 4.28. The van der Waals surface area contributed by atoms with Crippen molar-refractivity contribution < 1.29 is 19.2 Å². The molecule has 1 aromatic rings. The van der Waals surface area contributed by atoms with Crippen molar-refractivity contribution >= 4 is 44.7 Å². The van der Waals surface area contributed by atoms with Gasteiger partial charge in [-0.15, -0.1) is 17.0 Å². The van der Waals surface area contributed by atoms with E-state index in [1.165, 1.54) is 6.07 Å². The van der Waals surface area contributed by atoms with Crippen molar-refractivity contribution in [3.05, 3.63) is 28.0 Å². The lowest BCUT2D eigenvalue weighted by Crippen LogP contribution is -2.42. The normalized spacial score (nSPS) is 14.5. The van der Waals surface area contributed by atoms with Gasteiger partial charge >= 0.3 is 5.88 Å². The first-order chi connectivity index (χ1) is 9.81. The third-order valence-electron chi connectivity index (χ3n) is 2.86. The molecule has 1 unspecified atom stereocenters. The third-order valence-corrected chi connectivity index (χ3v) is 3.65. The second-order valence-corrected chi connectivity index (χ2v) is 6.08. The molecule has 1 aromatic heterocycles. The van der Waals surface area contributed by atoms with Gasteiger partial charge in [0, 0.05) is 24.0 Å². The average Bonchev–Trinajstić information content (AvgIpc) is 2.91. The van der Waals surface area contributed by atoms with E-state index in [0.717, 1.165) is 6.07 Å². The molecule has 10 heteroatoms. The van der Waals surface area contributed by atoms with Crippen LogP contribution in [-0.2, 0) is 0 Å². The van der Waals surface area contributed by atoms with E-state index in [1.807, 2.05) is 13.8 Å². The van der Waals surface area contributed by atoms with Crippen molar-refractivity contribution in [2.45, 2.75) is 30.8 Å². The number of carbonyl (C=O) groups is 1. The Labute approximate surface area is 146 Å². The molecule has 0 fully saturated rings. The van der Waals surface area contributed by atoms with E-state index < -0.39 is 22.8 Å². The number of hydrogen-bond acceptors (Lipinski definition) is 6. The molecule has 8 nitrogen and oxygen atoms in total. The van der Waals surface area contributed by atoms with Crippen molar-refractivity contribution in [3.63, 3.8) is 0 Å². The van der Waals surface area contributed by atoms with E-state index in [4.69, 9.17) is 4.42 Å². The fourth-order valence-electron chi connectivity index (χ4n) is 1.40. The number of carbonyl (C=O) groups excluding carboxylic acids is 1. The van der Waals surface area contributed by atoms with Gasteiger partial charge in [-0.3, -0.25) is 14.9 Å². The predicted molar refractivity (Wildman–Crippen MR) is 89.9 cm³/mol. The van der Waals surface area contributed by atoms with Crippen LogP contribution in [0, 0.1) is 10.1 Å². The monoisotopic (exact) mass is 443 g/mol. The number of furan rings is 1. The van der Waals surface area contributed by atoms with Crippen LogP contribution < -0.4 is 10.6 Å². The number of hydrogen-bond donors (Lipinski definition) is 3. The Kier molecular flexibility index (Phi) is 9.49. The number of alkyl halides is 1. The summed E-state index contributed by atoms with van der Waals surface area (Å²) in [5.74, 6) is -1.27. The van der Waals surface area contributed by atoms with Gasteiger partial charge in [-0.2, -0.15) is 0 Å². The molecule has 0 saturated carbocycles. The van der Waals surface area contributed by atoms with Crippen LogP contribution in [0.5, 0.6) is 0 Å². The number of nitrogens with zero attached hydrogens (tertiary/aromatic N) is 1. The molecule has 1 heterocycles. The van der Waals surface area contributed by atoms with Crippen LogP contribution in [0.3, 0.4) is 0 Å². The van der Waals surface area contributed by atoms with Crippen LogP contribution in [0.1, 0.15) is 24.4 Å². The number of aliphatic hydroxyl groups is 1. The lowest BCUT2D eigenvalue weighted by Gasteiger charge is -2.19. The van der Waals surface area contributed by atoms with Gasteiger partial charge in [0.15, 0.2) is 5.76 Å². The van der Waals surface area contributed by atoms with E-state index in [0.29, 0.717) is 6.54 Å². The summed E-state index contributed by atoms with van der Waals surface area (Å²) in [5, 5.41) is 25.7. The minimum Gasteiger partial charge on any atom is -0.395 e. The van der Waals surface area contributed by atoms with Gasteiger partial charge in [-0.25, -0.2) is 0 Å². The molecule has 0 spiro atoms. The summed E-state index contributed by atoms with van der Waals surface area (Å²) in [4.78, 5) is 21.6. The number of nitro groups is 1. The Hall–Kier alpha value is -0.970. The molecule has 3 atom stereocenters. The Morgan fingerprint density at radius 2 is 2.09 bits per heavy atom. The van der Waals surface area contributed by atoms with Crippen LogP contribution in [0.2, 0.25) is 0 Å². The van der Waals surface area contributed by atoms with E-state index in [-0.39, 0.29) is 40.2 Å². The molecular formula is C12H19Br2N3O5. The Bertz CT molecular complexity index is 495. The fourth-order valence-corrected chi connectivity index (χ4v) is 1.59. The van der Waals surface area contributed by atoms with Crippen LogP contribution >= 0.6 is 32.9 Å². The predicted octanol–water partition coefficient (Wildman–Crippen LogP) is 1.62. The molecule has 0 saturated heterocycles. The average molecular weight is 445 g/mol. The molecule has 1 amide bonds. The minimum atomic E-state index is -0.771. The number of amides is 1. The zero-order valence-corrected chi connectivity index (χ0v) is 15.4. The van der Waals surface area contributed by atoms with Gasteiger partial charge in [0.05, 0.1) is 12.2 Å². The summed E-state index contributed by atoms with van der Waals surface area (Å²) >= 11 is 3.42. The topological polar surface area (TPSA) is 118 Å². The Morgan fingerprint density at radius 3 is 2.59 bits per heavy atom. The quantitative estimate of drug-likeness (QED) is 0.318. The van der Waals surface area contributed by atoms with Crippen LogP contribution in [0.4, 0.5) is 5.88 Å². The largest absolute Gasteiger partial charge is 0.433 e. The Morgan fingerprint density at radius 1 is 1.45 bits per heavy atom. The van der Waals surface area contributed by atoms with E-state index in [9.17, 15) is 20.0 Å². The van der Waals surface area contributed by atoms with E-state index >= 15 is 0 Å². The van der Waals surface area contributed by atoms with E-state index in [2.05, 4.69) is 26.6 Å². The van der Waals surface area contributed by atoms with Crippen LogP contribution in [0.25, 0.3) is 0 Å². The second kappa shape index (κ2) is 9.93. The van der Waals surface area contributed by atoms with Crippen molar-refractivity contribution in [2.24, 2.45) is 0 Å². The van der Waals surface area contributed by atoms with Crippen molar-refractivity contribution in [3.8, 4) is 0 Å². The highest BCUT2D eigenvalue weighted by Crippen LogP contribution is 2.15. The maximum atomic E-state index is 11.7. The summed E-state index contributed by atoms with van der Waals surface area (Å²) in [6.07, 6.45) is -0.771. The van der Waals surface area contributed by atoms with E-state index in [1.54, 1.807) is 0 Å². The molecular weight excluding hydrogens is 426 g/mol. The number of halogens is 2. The van der Waals surface area contributed by atoms with Gasteiger partial charge in [0.1, 0.15) is 4.92 Å². The zero-order chi connectivity index (χ0) is 16.0. The van der Waals surface area contributed by atoms with Gasteiger partial charge in [0.25, 0.3) is 5.91 Å². The van der Waals surface area contributed by atoms with Gasteiger partial charge in [-0.1, -0.05) is 22.9 Å². The molecule has 126 valence electrons. The maximum Gasteiger partial charge on any atom is 0.433 e. The highest BCUT2D eigenvalue weighted by Gasteiger charge is 2.18. The highest BCUT2D eigenvalue weighted by atomic mass is 79.9. The van der Waals surface area contributed by atoms with Crippen molar-refractivity contribution in [1.82, 2.24) is 10.6 Å². The fraction of sp³-hybridized carbons (Fsp3) is 0.583. The lowest BCUT2D eigenvalue weighted by molar-refractivity contribution is -0.402. The first-order valence-electron chi connectivity index (χ1n) is 6.39. The third kappa shape index (κ3) is 6.86. The summed E-state index contributed by atoms with van der Waals surface area (Å²) in [6, 6.07) is 2.49. The first-order valence-corrected chi connectivity index (χ1v) is 7.30. The molecule has 3 N–H and O–H groups in total. The SMILES string of the molecule is Br.C[C@H](Br)[C@H](C)NCC(O)CNC(=O)c1ccc([N+](=O)[O-])o1. The lowest BCUT2D eigenvalue weighted by atomic mass is 10.2. The summed E-state index contributed by atoms with van der Waals surface area (Å²) < 4.78 is 4.75. The zero-order valence-electron chi connectivity index (χ0n) is 12.1. The molecule has 1 rings (SSSR count). The number of aliphatic hydroxyl groups excluding tert-OH is 1. The van der Waals surface area contributed by atoms with Gasteiger partial charge < -0.3 is 20.2 Å². The maximum absolute atomic E-state index is 11.7. The molecule has 0 aliphatic rings. The molecule has 0 bridgehead atoms. The van der Waals surface area contributed by atoms with Gasteiger partial charge in [0.2, 0.25) is 0 Å². The Balaban J connectivity index is 0.00000441. The summed E-state index contributed by atoms with van der Waals surface area (Å²) in [7, 11) is 0. The highest BCUT2D eigenvalue weighted by molar-refractivity contribution is 9.09. The molecule has 0 aliphatic heterocycles. The van der Waals surface area contributed by atoms with Crippen molar-refractivity contribution in [1.29, 1.82) is 0 Å². The van der Waals surface area contributed by atoms with Crippen LogP contribution in [0.15, 0.2) is 16.5 Å². The molecule has 22 heavy (non-hydrogen) atoms. The van der Waals surface area contributed by atoms with Crippen LogP contribution in [-0.4, -0.2) is 46.0 Å². The smallest absolute Gasteiger partial charge is 0.395 e. The molecule has 0 aromatic carbocycles. The van der Waals surface area contributed by atoms with Gasteiger partial charge in [-0.05, 0) is 13.0 Å².